The minimum Gasteiger partial charge on any atom is -0.451 e. The Balaban J connectivity index is 1.16. The molecule has 4 aromatic rings. The molecule has 8 heteroatoms. The van der Waals surface area contributed by atoms with E-state index in [1.165, 1.54) is 0 Å². The first-order valence-corrected chi connectivity index (χ1v) is 12.3. The van der Waals surface area contributed by atoms with Gasteiger partial charge >= 0.3 is 0 Å². The average molecular weight is 520 g/mol. The maximum Gasteiger partial charge on any atom is 0.291 e. The number of nitrogens with one attached hydrogen (secondary N) is 1. The SMILES string of the molecule is O=C(Nc1ccc(N2CCN(C(=O)c3ccc(Cl)cc3)CC2)cc1)c1ccc(-c2ccc(Cl)cc2)o1. The second kappa shape index (κ2) is 10.5. The molecule has 5 rings (SSSR count). The molecule has 2 heterocycles. The van der Waals surface area contributed by atoms with Crippen LogP contribution in [0, 0.1) is 0 Å². The zero-order chi connectivity index (χ0) is 25.1. The van der Waals surface area contributed by atoms with Crippen molar-refractivity contribution in [2.75, 3.05) is 36.4 Å². The highest BCUT2D eigenvalue weighted by atomic mass is 35.5. The predicted molar refractivity (Wildman–Crippen MR) is 143 cm³/mol. The number of carbonyl (C=O) groups excluding carboxylic acids is 2. The van der Waals surface area contributed by atoms with E-state index in [9.17, 15) is 9.59 Å². The van der Waals surface area contributed by atoms with E-state index in [2.05, 4.69) is 10.2 Å². The largest absolute Gasteiger partial charge is 0.451 e. The van der Waals surface area contributed by atoms with Crippen molar-refractivity contribution in [2.24, 2.45) is 0 Å². The molecule has 1 N–H and O–H groups in total. The highest BCUT2D eigenvalue weighted by Gasteiger charge is 2.22. The zero-order valence-corrected chi connectivity index (χ0v) is 20.8. The van der Waals surface area contributed by atoms with Crippen LogP contribution in [0.1, 0.15) is 20.9 Å². The van der Waals surface area contributed by atoms with Crippen molar-refractivity contribution in [1.29, 1.82) is 0 Å². The van der Waals surface area contributed by atoms with Crippen LogP contribution < -0.4 is 10.2 Å². The number of hydrogen-bond acceptors (Lipinski definition) is 4. The first-order valence-electron chi connectivity index (χ1n) is 11.5. The summed E-state index contributed by atoms with van der Waals surface area (Å²) < 4.78 is 5.73. The smallest absolute Gasteiger partial charge is 0.291 e. The molecule has 0 radical (unpaired) electrons. The number of anilines is 2. The summed E-state index contributed by atoms with van der Waals surface area (Å²) in [5, 5.41) is 4.12. The Morgan fingerprint density at radius 1 is 0.722 bits per heavy atom. The van der Waals surface area contributed by atoms with Gasteiger partial charge in [-0.3, -0.25) is 9.59 Å². The van der Waals surface area contributed by atoms with Crippen LogP contribution in [0.25, 0.3) is 11.3 Å². The second-order valence-corrected chi connectivity index (χ2v) is 9.33. The second-order valence-electron chi connectivity index (χ2n) is 8.46. The van der Waals surface area contributed by atoms with Crippen molar-refractivity contribution < 1.29 is 14.0 Å². The Bertz CT molecular complexity index is 1360. The Kier molecular flexibility index (Phi) is 6.98. The van der Waals surface area contributed by atoms with Crippen molar-refractivity contribution in [1.82, 2.24) is 4.90 Å². The molecule has 1 aliphatic heterocycles. The number of furan rings is 1. The van der Waals surface area contributed by atoms with Crippen molar-refractivity contribution in [3.8, 4) is 11.3 Å². The lowest BCUT2D eigenvalue weighted by atomic mass is 10.1. The van der Waals surface area contributed by atoms with Crippen molar-refractivity contribution in [2.45, 2.75) is 0 Å². The molecule has 0 aliphatic carbocycles. The van der Waals surface area contributed by atoms with Gasteiger partial charge in [0.15, 0.2) is 5.76 Å². The molecular formula is C28H23Cl2N3O3. The van der Waals surface area contributed by atoms with E-state index < -0.39 is 0 Å². The summed E-state index contributed by atoms with van der Waals surface area (Å²) in [7, 11) is 0. The molecule has 0 atom stereocenters. The van der Waals surface area contributed by atoms with Gasteiger partial charge in [-0.05, 0) is 84.9 Å². The van der Waals surface area contributed by atoms with Gasteiger partial charge in [-0.1, -0.05) is 23.2 Å². The van der Waals surface area contributed by atoms with E-state index in [0.717, 1.165) is 24.3 Å². The van der Waals surface area contributed by atoms with Crippen molar-refractivity contribution >= 4 is 46.4 Å². The van der Waals surface area contributed by atoms with Gasteiger partial charge in [-0.15, -0.1) is 0 Å². The fourth-order valence-corrected chi connectivity index (χ4v) is 4.37. The summed E-state index contributed by atoms with van der Waals surface area (Å²) in [6.45, 7) is 2.72. The number of rotatable bonds is 5. The van der Waals surface area contributed by atoms with Crippen LogP contribution in [-0.2, 0) is 0 Å². The van der Waals surface area contributed by atoms with Crippen LogP contribution in [0.4, 0.5) is 11.4 Å². The highest BCUT2D eigenvalue weighted by molar-refractivity contribution is 6.31. The molecule has 1 aromatic heterocycles. The molecule has 0 bridgehead atoms. The Labute approximate surface area is 219 Å². The van der Waals surface area contributed by atoms with E-state index >= 15 is 0 Å². The minimum atomic E-state index is -0.322. The molecule has 36 heavy (non-hydrogen) atoms. The molecule has 1 fully saturated rings. The van der Waals surface area contributed by atoms with E-state index in [1.807, 2.05) is 41.3 Å². The quantitative estimate of drug-likeness (QED) is 0.328. The van der Waals surface area contributed by atoms with E-state index in [4.69, 9.17) is 27.6 Å². The maximum atomic E-state index is 12.7. The molecule has 0 saturated carbocycles. The van der Waals surface area contributed by atoms with Crippen molar-refractivity contribution in [3.05, 3.63) is 106 Å². The van der Waals surface area contributed by atoms with Crippen LogP contribution in [0.3, 0.4) is 0 Å². The molecule has 6 nitrogen and oxygen atoms in total. The van der Waals surface area contributed by atoms with Crippen LogP contribution >= 0.6 is 23.2 Å². The Morgan fingerprint density at radius 3 is 1.97 bits per heavy atom. The highest BCUT2D eigenvalue weighted by Crippen LogP contribution is 2.25. The lowest BCUT2D eigenvalue weighted by Crippen LogP contribution is -2.48. The topological polar surface area (TPSA) is 65.8 Å². The van der Waals surface area contributed by atoms with Gasteiger partial charge in [-0.2, -0.15) is 0 Å². The third kappa shape index (κ3) is 5.40. The summed E-state index contributed by atoms with van der Waals surface area (Å²) in [4.78, 5) is 29.5. The van der Waals surface area contributed by atoms with Gasteiger partial charge in [0, 0.05) is 58.7 Å². The summed E-state index contributed by atoms with van der Waals surface area (Å²) in [6, 6.07) is 25.3. The molecule has 0 unspecified atom stereocenters. The van der Waals surface area contributed by atoms with Gasteiger partial charge in [0.2, 0.25) is 0 Å². The number of amides is 2. The molecule has 0 spiro atoms. The monoisotopic (exact) mass is 519 g/mol. The summed E-state index contributed by atoms with van der Waals surface area (Å²) in [5.74, 6) is 0.519. The van der Waals surface area contributed by atoms with Gasteiger partial charge in [0.05, 0.1) is 0 Å². The number of piperazine rings is 1. The molecule has 1 aliphatic rings. The van der Waals surface area contributed by atoms with Crippen LogP contribution in [0.5, 0.6) is 0 Å². The van der Waals surface area contributed by atoms with Gasteiger partial charge in [-0.25, -0.2) is 0 Å². The molecule has 3 aromatic carbocycles. The molecular weight excluding hydrogens is 497 g/mol. The average Bonchev–Trinajstić information content (AvgIpc) is 3.40. The molecule has 2 amide bonds. The minimum absolute atomic E-state index is 0.0153. The lowest BCUT2D eigenvalue weighted by molar-refractivity contribution is 0.0746. The summed E-state index contributed by atoms with van der Waals surface area (Å²) >= 11 is 11.9. The predicted octanol–water partition coefficient (Wildman–Crippen LogP) is 6.47. The Morgan fingerprint density at radius 2 is 1.33 bits per heavy atom. The first-order chi connectivity index (χ1) is 17.5. The van der Waals surface area contributed by atoms with Gasteiger partial charge in [0.25, 0.3) is 11.8 Å². The maximum absolute atomic E-state index is 12.7. The van der Waals surface area contributed by atoms with E-state index in [0.29, 0.717) is 40.1 Å². The fourth-order valence-electron chi connectivity index (χ4n) is 4.12. The summed E-state index contributed by atoms with van der Waals surface area (Å²) in [6.07, 6.45) is 0. The molecule has 1 saturated heterocycles. The number of benzene rings is 3. The van der Waals surface area contributed by atoms with Crippen LogP contribution in [-0.4, -0.2) is 42.9 Å². The fraction of sp³-hybridized carbons (Fsp3) is 0.143. The first kappa shape index (κ1) is 24.0. The number of halogens is 2. The summed E-state index contributed by atoms with van der Waals surface area (Å²) in [5.41, 5.74) is 3.20. The normalized spacial score (nSPS) is 13.5. The zero-order valence-electron chi connectivity index (χ0n) is 19.3. The third-order valence-corrected chi connectivity index (χ3v) is 6.61. The van der Waals surface area contributed by atoms with Gasteiger partial charge in [0.1, 0.15) is 5.76 Å². The van der Waals surface area contributed by atoms with E-state index in [-0.39, 0.29) is 17.6 Å². The number of nitrogens with zero attached hydrogens (tertiary/aromatic N) is 2. The van der Waals surface area contributed by atoms with Gasteiger partial charge < -0.3 is 19.5 Å². The standard InChI is InChI=1S/C28H23Cl2N3O3/c29-21-5-1-19(2-6-21)25-13-14-26(36-25)27(34)31-23-9-11-24(12-10-23)32-15-17-33(18-16-32)28(35)20-3-7-22(30)8-4-20/h1-14H,15-18H2,(H,31,34). The third-order valence-electron chi connectivity index (χ3n) is 6.11. The lowest BCUT2D eigenvalue weighted by Gasteiger charge is -2.36. The molecule has 182 valence electrons. The van der Waals surface area contributed by atoms with Crippen LogP contribution in [0.2, 0.25) is 10.0 Å². The van der Waals surface area contributed by atoms with Crippen molar-refractivity contribution in [3.63, 3.8) is 0 Å². The Hall–Kier alpha value is -3.74. The number of hydrogen-bond donors (Lipinski definition) is 1. The number of carbonyl (C=O) groups is 2. The van der Waals surface area contributed by atoms with E-state index in [1.54, 1.807) is 48.5 Å². The van der Waals surface area contributed by atoms with Crippen LogP contribution in [0.15, 0.2) is 89.3 Å².